The minimum Gasteiger partial charge on any atom is -0.462 e. The van der Waals surface area contributed by atoms with Crippen molar-refractivity contribution in [3.05, 3.63) is 21.4 Å². The van der Waals surface area contributed by atoms with E-state index in [1.54, 1.807) is 0 Å². The summed E-state index contributed by atoms with van der Waals surface area (Å²) in [4.78, 5) is 12.3. The summed E-state index contributed by atoms with van der Waals surface area (Å²) in [7, 11) is 0. The summed E-state index contributed by atoms with van der Waals surface area (Å²) < 4.78 is 4.98. The zero-order chi connectivity index (χ0) is 10.6. The van der Waals surface area contributed by atoms with Gasteiger partial charge in [-0.2, -0.15) is 0 Å². The fourth-order valence-electron chi connectivity index (χ4n) is 1.29. The molecular weight excluding hydrogens is 264 g/mol. The van der Waals surface area contributed by atoms with Crippen molar-refractivity contribution < 1.29 is 9.53 Å². The van der Waals surface area contributed by atoms with E-state index in [1.165, 1.54) is 16.9 Å². The third-order valence-corrected chi connectivity index (χ3v) is 3.59. The van der Waals surface area contributed by atoms with Crippen LogP contribution in [0.4, 0.5) is 0 Å². The van der Waals surface area contributed by atoms with Crippen LogP contribution < -0.4 is 0 Å². The van der Waals surface area contributed by atoms with Crippen molar-refractivity contribution in [2.24, 2.45) is 0 Å². The second-order valence-corrected chi connectivity index (χ2v) is 4.22. The van der Waals surface area contributed by atoms with Gasteiger partial charge in [-0.15, -0.1) is 11.3 Å². The minimum absolute atomic E-state index is 0.193. The van der Waals surface area contributed by atoms with Gasteiger partial charge in [0.2, 0.25) is 0 Å². The van der Waals surface area contributed by atoms with Crippen molar-refractivity contribution in [2.45, 2.75) is 25.6 Å². The van der Waals surface area contributed by atoms with Crippen LogP contribution in [0.3, 0.4) is 0 Å². The molecule has 0 saturated carbocycles. The number of carbonyl (C=O) groups excluding carboxylic acids is 1. The quantitative estimate of drug-likeness (QED) is 0.623. The van der Waals surface area contributed by atoms with Gasteiger partial charge in [0.15, 0.2) is 0 Å². The molecule has 0 fully saturated rings. The maximum Gasteiger partial charge on any atom is 0.348 e. The van der Waals surface area contributed by atoms with E-state index >= 15 is 0 Å². The molecular formula is C10H13BrO2S. The Bertz CT molecular complexity index is 320. The molecule has 0 atom stereocenters. The third kappa shape index (κ3) is 2.36. The summed E-state index contributed by atoms with van der Waals surface area (Å²) in [6, 6.07) is 0. The van der Waals surface area contributed by atoms with Crippen molar-refractivity contribution in [1.29, 1.82) is 0 Å². The molecule has 0 aliphatic heterocycles. The summed E-state index contributed by atoms with van der Waals surface area (Å²) in [6.07, 6.45) is 0.874. The first-order chi connectivity index (χ1) is 6.74. The second kappa shape index (κ2) is 5.51. The smallest absolute Gasteiger partial charge is 0.348 e. The molecule has 1 rings (SSSR count). The second-order valence-electron chi connectivity index (χ2n) is 2.78. The lowest BCUT2D eigenvalue weighted by molar-refractivity contribution is 0.0531. The summed E-state index contributed by atoms with van der Waals surface area (Å²) >= 11 is 4.87. The van der Waals surface area contributed by atoms with E-state index in [4.69, 9.17) is 4.74 Å². The fraction of sp³-hybridized carbons (Fsp3) is 0.500. The largest absolute Gasteiger partial charge is 0.462 e. The van der Waals surface area contributed by atoms with Gasteiger partial charge in [0.1, 0.15) is 4.88 Å². The average molecular weight is 277 g/mol. The van der Waals surface area contributed by atoms with Crippen LogP contribution in [0.15, 0.2) is 5.38 Å². The molecule has 2 nitrogen and oxygen atoms in total. The predicted octanol–water partition coefficient (Wildman–Crippen LogP) is 3.38. The molecule has 0 amide bonds. The summed E-state index contributed by atoms with van der Waals surface area (Å²) in [6.45, 7) is 4.31. The first kappa shape index (κ1) is 11.7. The fourth-order valence-corrected chi connectivity index (χ4v) is 3.06. The number of thiophene rings is 1. The molecule has 0 saturated heterocycles. The number of hydrogen-bond donors (Lipinski definition) is 0. The lowest BCUT2D eigenvalue weighted by Gasteiger charge is -2.02. The van der Waals surface area contributed by atoms with Crippen LogP contribution in [0.1, 0.15) is 34.6 Å². The van der Waals surface area contributed by atoms with Crippen molar-refractivity contribution >= 4 is 33.2 Å². The molecule has 1 aromatic rings. The molecule has 0 unspecified atom stereocenters. The Morgan fingerprint density at radius 1 is 1.57 bits per heavy atom. The van der Waals surface area contributed by atoms with E-state index in [2.05, 4.69) is 22.9 Å². The van der Waals surface area contributed by atoms with Crippen LogP contribution in [0, 0.1) is 0 Å². The van der Waals surface area contributed by atoms with Crippen molar-refractivity contribution in [3.8, 4) is 0 Å². The Morgan fingerprint density at radius 3 is 2.79 bits per heavy atom. The average Bonchev–Trinajstić information content (AvgIpc) is 2.60. The highest BCUT2D eigenvalue weighted by molar-refractivity contribution is 9.08. The maximum atomic E-state index is 11.5. The molecule has 14 heavy (non-hydrogen) atoms. The van der Waals surface area contributed by atoms with E-state index < -0.39 is 0 Å². The monoisotopic (exact) mass is 276 g/mol. The van der Waals surface area contributed by atoms with E-state index in [9.17, 15) is 4.79 Å². The van der Waals surface area contributed by atoms with Gasteiger partial charge >= 0.3 is 5.97 Å². The first-order valence-corrected chi connectivity index (χ1v) is 6.57. The first-order valence-electron chi connectivity index (χ1n) is 4.56. The van der Waals surface area contributed by atoms with Crippen LogP contribution in [-0.4, -0.2) is 12.6 Å². The summed E-state index contributed by atoms with van der Waals surface area (Å²) in [5.74, 6) is -0.193. The SMILES string of the molecule is CCOC(=O)c1scc(CBr)c1CC. The molecule has 4 heteroatoms. The highest BCUT2D eigenvalue weighted by atomic mass is 79.9. The number of esters is 1. The van der Waals surface area contributed by atoms with Gasteiger partial charge in [0.05, 0.1) is 6.61 Å². The van der Waals surface area contributed by atoms with Crippen LogP contribution in [0.5, 0.6) is 0 Å². The molecule has 0 radical (unpaired) electrons. The zero-order valence-electron chi connectivity index (χ0n) is 8.30. The topological polar surface area (TPSA) is 26.3 Å². The predicted molar refractivity (Wildman–Crippen MR) is 62.3 cm³/mol. The van der Waals surface area contributed by atoms with Gasteiger partial charge in [-0.1, -0.05) is 22.9 Å². The standard InChI is InChI=1S/C10H13BrO2S/c1-3-8-7(5-11)6-14-9(8)10(12)13-4-2/h6H,3-5H2,1-2H3. The van der Waals surface area contributed by atoms with Gasteiger partial charge < -0.3 is 4.74 Å². The van der Waals surface area contributed by atoms with Gasteiger partial charge in [-0.3, -0.25) is 0 Å². The van der Waals surface area contributed by atoms with Crippen molar-refractivity contribution in [1.82, 2.24) is 0 Å². The third-order valence-electron chi connectivity index (χ3n) is 1.94. The molecule has 1 heterocycles. The highest BCUT2D eigenvalue weighted by Gasteiger charge is 2.16. The van der Waals surface area contributed by atoms with Crippen LogP contribution in [0.25, 0.3) is 0 Å². The van der Waals surface area contributed by atoms with E-state index in [1.807, 2.05) is 12.3 Å². The van der Waals surface area contributed by atoms with Gasteiger partial charge in [-0.25, -0.2) is 4.79 Å². The van der Waals surface area contributed by atoms with Gasteiger partial charge in [-0.05, 0) is 29.9 Å². The van der Waals surface area contributed by atoms with E-state index in [0.717, 1.165) is 22.2 Å². The molecule has 0 aliphatic rings. The molecule has 1 aromatic heterocycles. The number of rotatable bonds is 4. The number of alkyl halides is 1. The Labute approximate surface area is 96.4 Å². The Balaban J connectivity index is 2.96. The number of hydrogen-bond acceptors (Lipinski definition) is 3. The van der Waals surface area contributed by atoms with E-state index in [-0.39, 0.29) is 5.97 Å². The lowest BCUT2D eigenvalue weighted by atomic mass is 10.1. The van der Waals surface area contributed by atoms with Crippen LogP contribution in [0.2, 0.25) is 0 Å². The molecule has 0 spiro atoms. The van der Waals surface area contributed by atoms with Crippen LogP contribution in [-0.2, 0) is 16.5 Å². The molecule has 0 aromatic carbocycles. The Morgan fingerprint density at radius 2 is 2.29 bits per heavy atom. The normalized spacial score (nSPS) is 10.2. The maximum absolute atomic E-state index is 11.5. The van der Waals surface area contributed by atoms with Crippen LogP contribution >= 0.6 is 27.3 Å². The summed E-state index contributed by atoms with van der Waals surface area (Å²) in [5, 5.41) is 2.81. The molecule has 78 valence electrons. The minimum atomic E-state index is -0.193. The van der Waals surface area contributed by atoms with Crippen molar-refractivity contribution in [3.63, 3.8) is 0 Å². The molecule has 0 N–H and O–H groups in total. The summed E-state index contributed by atoms with van der Waals surface area (Å²) in [5.41, 5.74) is 2.31. The van der Waals surface area contributed by atoms with E-state index in [0.29, 0.717) is 6.61 Å². The Kier molecular flexibility index (Phi) is 4.62. The zero-order valence-corrected chi connectivity index (χ0v) is 10.7. The number of ether oxygens (including phenoxy) is 1. The highest BCUT2D eigenvalue weighted by Crippen LogP contribution is 2.25. The van der Waals surface area contributed by atoms with Gasteiger partial charge in [0, 0.05) is 5.33 Å². The number of carbonyl (C=O) groups is 1. The van der Waals surface area contributed by atoms with Crippen molar-refractivity contribution in [2.75, 3.05) is 6.61 Å². The van der Waals surface area contributed by atoms with Gasteiger partial charge in [0.25, 0.3) is 0 Å². The number of halogens is 1. The molecule has 0 bridgehead atoms. The Hall–Kier alpha value is -0.350. The molecule has 0 aliphatic carbocycles. The lowest BCUT2D eigenvalue weighted by Crippen LogP contribution is -2.05.